The van der Waals surface area contributed by atoms with E-state index >= 15 is 0 Å². The average Bonchev–Trinajstić information content (AvgIpc) is 3.11. The standard InChI is InChI=1S/C18H14F2N4O2/c1-10-3-2-4-11(7-10)9-23-16-15(21-22-23)17(25)24(18(16)26)12-5-6-13(19)14(20)8-12/h2-8,15-16H,9H2,1H3/t15-,16-/m1/s1. The van der Waals surface area contributed by atoms with Gasteiger partial charge in [0, 0.05) is 6.07 Å². The molecule has 132 valence electrons. The van der Waals surface area contributed by atoms with E-state index in [-0.39, 0.29) is 5.69 Å². The van der Waals surface area contributed by atoms with Crippen molar-refractivity contribution in [2.45, 2.75) is 25.6 Å². The first-order valence-corrected chi connectivity index (χ1v) is 8.01. The Bertz CT molecular complexity index is 947. The molecule has 0 saturated carbocycles. The van der Waals surface area contributed by atoms with Gasteiger partial charge in [0.25, 0.3) is 11.8 Å². The quantitative estimate of drug-likeness (QED) is 0.795. The molecule has 0 bridgehead atoms. The minimum atomic E-state index is -1.13. The number of halogens is 2. The number of rotatable bonds is 3. The number of carbonyl (C=O) groups is 2. The SMILES string of the molecule is Cc1cccc(CN2N=N[C@H]3C(=O)N(c4ccc(F)c(F)c4)C(=O)[C@@H]32)c1. The van der Waals surface area contributed by atoms with Gasteiger partial charge >= 0.3 is 0 Å². The summed E-state index contributed by atoms with van der Waals surface area (Å²) in [5, 5.41) is 9.34. The van der Waals surface area contributed by atoms with Crippen LogP contribution in [0.2, 0.25) is 0 Å². The summed E-state index contributed by atoms with van der Waals surface area (Å²) >= 11 is 0. The summed E-state index contributed by atoms with van der Waals surface area (Å²) in [6.07, 6.45) is 0. The summed E-state index contributed by atoms with van der Waals surface area (Å²) in [5.74, 6) is -3.32. The third-order valence-corrected chi connectivity index (χ3v) is 4.45. The van der Waals surface area contributed by atoms with Crippen molar-refractivity contribution in [3.05, 3.63) is 65.2 Å². The molecule has 2 atom stereocenters. The summed E-state index contributed by atoms with van der Waals surface area (Å²) in [5.41, 5.74) is 1.97. The maximum absolute atomic E-state index is 13.5. The molecule has 0 aliphatic carbocycles. The van der Waals surface area contributed by atoms with Gasteiger partial charge in [-0.25, -0.2) is 13.7 Å². The van der Waals surface area contributed by atoms with Gasteiger partial charge in [-0.05, 0) is 24.6 Å². The number of carbonyl (C=O) groups excluding carboxylic acids is 2. The third kappa shape index (κ3) is 2.54. The fraction of sp³-hybridized carbons (Fsp3) is 0.222. The highest BCUT2D eigenvalue weighted by Gasteiger charge is 2.54. The molecule has 2 aromatic rings. The van der Waals surface area contributed by atoms with Crippen LogP contribution < -0.4 is 4.90 Å². The van der Waals surface area contributed by atoms with Crippen molar-refractivity contribution >= 4 is 17.5 Å². The van der Waals surface area contributed by atoms with Gasteiger partial charge < -0.3 is 0 Å². The second-order valence-electron chi connectivity index (χ2n) is 6.29. The van der Waals surface area contributed by atoms with E-state index in [0.717, 1.165) is 28.2 Å². The van der Waals surface area contributed by atoms with E-state index in [1.54, 1.807) is 0 Å². The normalized spacial score (nSPS) is 21.7. The van der Waals surface area contributed by atoms with E-state index in [1.807, 2.05) is 31.2 Å². The molecule has 8 heteroatoms. The molecule has 0 spiro atoms. The van der Waals surface area contributed by atoms with Gasteiger partial charge in [0.2, 0.25) is 0 Å². The van der Waals surface area contributed by atoms with Crippen LogP contribution in [0.1, 0.15) is 11.1 Å². The zero-order chi connectivity index (χ0) is 18.4. The van der Waals surface area contributed by atoms with Gasteiger partial charge in [-0.15, -0.1) is 0 Å². The Hall–Kier alpha value is -3.16. The topological polar surface area (TPSA) is 65.3 Å². The van der Waals surface area contributed by atoms with Crippen LogP contribution in [0.4, 0.5) is 14.5 Å². The molecule has 6 nitrogen and oxygen atoms in total. The summed E-state index contributed by atoms with van der Waals surface area (Å²) in [4.78, 5) is 26.2. The first kappa shape index (κ1) is 16.3. The molecule has 2 aliphatic rings. The largest absolute Gasteiger partial charge is 0.271 e. The maximum atomic E-state index is 13.5. The molecule has 2 aliphatic heterocycles. The second kappa shape index (κ2) is 5.98. The zero-order valence-corrected chi connectivity index (χ0v) is 13.8. The average molecular weight is 356 g/mol. The Labute approximate surface area is 147 Å². The van der Waals surface area contributed by atoms with Gasteiger partial charge in [0.15, 0.2) is 23.7 Å². The number of fused-ring (bicyclic) bond motifs is 1. The molecule has 1 fully saturated rings. The summed E-state index contributed by atoms with van der Waals surface area (Å²) in [6.45, 7) is 2.27. The summed E-state index contributed by atoms with van der Waals surface area (Å²) in [6, 6.07) is 8.74. The minimum Gasteiger partial charge on any atom is -0.271 e. The molecular formula is C18H14F2N4O2. The van der Waals surface area contributed by atoms with Crippen LogP contribution in [-0.2, 0) is 16.1 Å². The van der Waals surface area contributed by atoms with Crippen LogP contribution in [0, 0.1) is 18.6 Å². The van der Waals surface area contributed by atoms with Crippen molar-refractivity contribution in [1.82, 2.24) is 5.01 Å². The monoisotopic (exact) mass is 356 g/mol. The van der Waals surface area contributed by atoms with E-state index in [2.05, 4.69) is 10.3 Å². The highest BCUT2D eigenvalue weighted by molar-refractivity contribution is 6.25. The lowest BCUT2D eigenvalue weighted by atomic mass is 10.1. The van der Waals surface area contributed by atoms with Crippen LogP contribution in [0.15, 0.2) is 52.8 Å². The molecule has 26 heavy (non-hydrogen) atoms. The lowest BCUT2D eigenvalue weighted by Crippen LogP contribution is -2.39. The fourth-order valence-electron chi connectivity index (χ4n) is 3.23. The second-order valence-corrected chi connectivity index (χ2v) is 6.29. The molecule has 4 rings (SSSR count). The predicted octanol–water partition coefficient (Wildman–Crippen LogP) is 2.77. The van der Waals surface area contributed by atoms with Crippen LogP contribution in [0.5, 0.6) is 0 Å². The van der Waals surface area contributed by atoms with Crippen LogP contribution in [0.25, 0.3) is 0 Å². The van der Waals surface area contributed by atoms with Crippen molar-refractivity contribution in [2.24, 2.45) is 10.3 Å². The van der Waals surface area contributed by atoms with E-state index < -0.39 is 35.5 Å². The van der Waals surface area contributed by atoms with Crippen molar-refractivity contribution < 1.29 is 18.4 Å². The highest BCUT2D eigenvalue weighted by Crippen LogP contribution is 2.33. The fourth-order valence-corrected chi connectivity index (χ4v) is 3.23. The number of imide groups is 1. The first-order chi connectivity index (χ1) is 12.5. The molecule has 0 N–H and O–H groups in total. The Kier molecular flexibility index (Phi) is 3.75. The van der Waals surface area contributed by atoms with E-state index in [1.165, 1.54) is 11.1 Å². The minimum absolute atomic E-state index is 0.0148. The maximum Gasteiger partial charge on any atom is 0.263 e. The van der Waals surface area contributed by atoms with Gasteiger partial charge in [0.1, 0.15) is 0 Å². The van der Waals surface area contributed by atoms with Gasteiger partial charge in [0.05, 0.1) is 12.2 Å². The number of aryl methyl sites for hydroxylation is 1. The molecule has 0 aromatic heterocycles. The Morgan fingerprint density at radius 2 is 1.85 bits per heavy atom. The highest BCUT2D eigenvalue weighted by atomic mass is 19.2. The van der Waals surface area contributed by atoms with E-state index in [9.17, 15) is 18.4 Å². The molecular weight excluding hydrogens is 342 g/mol. The summed E-state index contributed by atoms with van der Waals surface area (Å²) < 4.78 is 26.6. The Morgan fingerprint density at radius 3 is 2.58 bits per heavy atom. The van der Waals surface area contributed by atoms with Crippen molar-refractivity contribution in [3.63, 3.8) is 0 Å². The molecule has 2 aromatic carbocycles. The third-order valence-electron chi connectivity index (χ3n) is 4.45. The number of anilines is 1. The smallest absolute Gasteiger partial charge is 0.263 e. The number of benzene rings is 2. The van der Waals surface area contributed by atoms with Crippen LogP contribution >= 0.6 is 0 Å². The first-order valence-electron chi connectivity index (χ1n) is 8.01. The lowest BCUT2D eigenvalue weighted by Gasteiger charge is -2.20. The molecule has 2 heterocycles. The van der Waals surface area contributed by atoms with Crippen LogP contribution in [0.3, 0.4) is 0 Å². The van der Waals surface area contributed by atoms with E-state index in [0.29, 0.717) is 6.54 Å². The predicted molar refractivity (Wildman–Crippen MR) is 88.0 cm³/mol. The number of hydrogen-bond donors (Lipinski definition) is 0. The van der Waals surface area contributed by atoms with Crippen molar-refractivity contribution in [2.75, 3.05) is 4.90 Å². The molecule has 0 unspecified atom stereocenters. The molecule has 1 saturated heterocycles. The molecule has 0 radical (unpaired) electrons. The number of nitrogens with zero attached hydrogens (tertiary/aromatic N) is 4. The zero-order valence-electron chi connectivity index (χ0n) is 13.8. The van der Waals surface area contributed by atoms with Crippen molar-refractivity contribution in [1.29, 1.82) is 0 Å². The lowest BCUT2D eigenvalue weighted by molar-refractivity contribution is -0.123. The summed E-state index contributed by atoms with van der Waals surface area (Å²) in [7, 11) is 0. The van der Waals surface area contributed by atoms with Crippen molar-refractivity contribution in [3.8, 4) is 0 Å². The van der Waals surface area contributed by atoms with E-state index in [4.69, 9.17) is 0 Å². The Morgan fingerprint density at radius 1 is 1.04 bits per heavy atom. The van der Waals surface area contributed by atoms with Crippen LogP contribution in [-0.4, -0.2) is 28.9 Å². The van der Waals surface area contributed by atoms with Gasteiger partial charge in [-0.2, -0.15) is 5.11 Å². The number of hydrogen-bond acceptors (Lipinski definition) is 5. The van der Waals surface area contributed by atoms with Gasteiger partial charge in [-0.1, -0.05) is 35.1 Å². The van der Waals surface area contributed by atoms with Gasteiger partial charge in [-0.3, -0.25) is 14.6 Å². The molecule has 2 amide bonds. The number of amides is 2. The Balaban J connectivity index is 1.62.